The molecule has 0 atom stereocenters. The third-order valence-corrected chi connectivity index (χ3v) is 5.54. The van der Waals surface area contributed by atoms with Crippen molar-refractivity contribution in [3.05, 3.63) is 66.2 Å². The van der Waals surface area contributed by atoms with Crippen LogP contribution in [0.25, 0.3) is 0 Å². The predicted molar refractivity (Wildman–Crippen MR) is 102 cm³/mol. The molecule has 0 saturated carbocycles. The number of carbonyl (C=O) groups excluding carboxylic acids is 1. The van der Waals surface area contributed by atoms with E-state index in [0.29, 0.717) is 16.5 Å². The van der Waals surface area contributed by atoms with Crippen LogP contribution in [0, 0.1) is 0 Å². The van der Waals surface area contributed by atoms with Crippen molar-refractivity contribution in [1.82, 2.24) is 4.31 Å². The van der Waals surface area contributed by atoms with Gasteiger partial charge in [-0.2, -0.15) is 4.31 Å². The average molecular weight is 395 g/mol. The quantitative estimate of drug-likeness (QED) is 0.698. The molecule has 0 heterocycles. The van der Waals surface area contributed by atoms with E-state index in [9.17, 15) is 13.2 Å². The van der Waals surface area contributed by atoms with Crippen LogP contribution in [-0.4, -0.2) is 38.8 Å². The summed E-state index contributed by atoms with van der Waals surface area (Å²) in [5.41, 5.74) is 0.511. The number of rotatable bonds is 8. The minimum atomic E-state index is -3.86. The number of ether oxygens (including phenoxy) is 1. The molecule has 138 valence electrons. The largest absolute Gasteiger partial charge is 0.497 e. The van der Waals surface area contributed by atoms with Crippen LogP contribution in [0.1, 0.15) is 0 Å². The van der Waals surface area contributed by atoms with Crippen LogP contribution in [0.15, 0.2) is 66.1 Å². The summed E-state index contributed by atoms with van der Waals surface area (Å²) in [7, 11) is -2.34. The van der Waals surface area contributed by atoms with E-state index in [2.05, 4.69) is 11.9 Å². The van der Waals surface area contributed by atoms with E-state index in [1.54, 1.807) is 24.3 Å². The number of carbonyl (C=O) groups is 1. The first-order valence-corrected chi connectivity index (χ1v) is 9.49. The summed E-state index contributed by atoms with van der Waals surface area (Å²) in [5, 5.41) is 3.08. The Labute approximate surface area is 158 Å². The number of hydrogen-bond acceptors (Lipinski definition) is 4. The lowest BCUT2D eigenvalue weighted by molar-refractivity contribution is -0.116. The maximum absolute atomic E-state index is 12.8. The molecule has 0 bridgehead atoms. The van der Waals surface area contributed by atoms with Crippen LogP contribution >= 0.6 is 11.6 Å². The minimum absolute atomic E-state index is 0.00348. The highest BCUT2D eigenvalue weighted by molar-refractivity contribution is 7.89. The molecule has 0 unspecified atom stereocenters. The van der Waals surface area contributed by atoms with Crippen molar-refractivity contribution < 1.29 is 17.9 Å². The van der Waals surface area contributed by atoms with Crippen molar-refractivity contribution in [3.8, 4) is 5.75 Å². The first kappa shape index (κ1) is 20.0. The van der Waals surface area contributed by atoms with Gasteiger partial charge in [-0.15, -0.1) is 6.58 Å². The number of nitrogens with one attached hydrogen (secondary N) is 1. The molecule has 0 aromatic heterocycles. The number of anilines is 1. The van der Waals surface area contributed by atoms with Crippen molar-refractivity contribution in [2.75, 3.05) is 25.5 Å². The fraction of sp³-hybridized carbons (Fsp3) is 0.167. The van der Waals surface area contributed by atoms with Gasteiger partial charge in [-0.1, -0.05) is 23.7 Å². The van der Waals surface area contributed by atoms with E-state index < -0.39 is 15.9 Å². The molecule has 1 amide bonds. The fourth-order valence-electron chi connectivity index (χ4n) is 2.21. The zero-order valence-electron chi connectivity index (χ0n) is 14.2. The maximum Gasteiger partial charge on any atom is 0.243 e. The van der Waals surface area contributed by atoms with Gasteiger partial charge >= 0.3 is 0 Å². The summed E-state index contributed by atoms with van der Waals surface area (Å²) in [6, 6.07) is 12.6. The van der Waals surface area contributed by atoms with Crippen molar-refractivity contribution in [2.45, 2.75) is 4.90 Å². The van der Waals surface area contributed by atoms with E-state index in [0.717, 1.165) is 4.31 Å². The molecule has 0 aliphatic carbocycles. The Kier molecular flexibility index (Phi) is 6.79. The Balaban J connectivity index is 2.17. The van der Waals surface area contributed by atoms with Gasteiger partial charge in [0.05, 0.1) is 18.6 Å². The standard InChI is InChI=1S/C18H19ClN2O4S/c1-3-11-21(26(23,24)17-9-7-14(19)8-10-17)13-18(22)20-15-5-4-6-16(12-15)25-2/h3-10,12H,1,11,13H2,2H3,(H,20,22). The van der Waals surface area contributed by atoms with Gasteiger partial charge in [-0.25, -0.2) is 8.42 Å². The first-order valence-electron chi connectivity index (χ1n) is 7.67. The summed E-state index contributed by atoms with van der Waals surface area (Å²) in [4.78, 5) is 12.4. The molecule has 0 aliphatic heterocycles. The lowest BCUT2D eigenvalue weighted by atomic mass is 10.3. The molecule has 26 heavy (non-hydrogen) atoms. The zero-order chi connectivity index (χ0) is 19.2. The van der Waals surface area contributed by atoms with Gasteiger partial charge in [0.2, 0.25) is 15.9 Å². The number of halogens is 1. The van der Waals surface area contributed by atoms with Crippen LogP contribution < -0.4 is 10.1 Å². The summed E-state index contributed by atoms with van der Waals surface area (Å²) in [5.74, 6) is 0.108. The van der Waals surface area contributed by atoms with E-state index in [4.69, 9.17) is 16.3 Å². The Bertz CT molecular complexity index is 882. The normalized spacial score (nSPS) is 11.2. The number of hydrogen-bond donors (Lipinski definition) is 1. The van der Waals surface area contributed by atoms with Gasteiger partial charge in [0.1, 0.15) is 5.75 Å². The number of sulfonamides is 1. The molecule has 2 aromatic carbocycles. The molecule has 0 spiro atoms. The first-order chi connectivity index (χ1) is 12.4. The van der Waals surface area contributed by atoms with Crippen LogP contribution in [-0.2, 0) is 14.8 Å². The molecular formula is C18H19ClN2O4S. The van der Waals surface area contributed by atoms with Gasteiger partial charge in [-0.3, -0.25) is 4.79 Å². The molecule has 8 heteroatoms. The molecule has 0 fully saturated rings. The summed E-state index contributed by atoms with van der Waals surface area (Å²) in [6.45, 7) is 3.20. The number of nitrogens with zero attached hydrogens (tertiary/aromatic N) is 1. The van der Waals surface area contributed by atoms with Crippen molar-refractivity contribution in [3.63, 3.8) is 0 Å². The third kappa shape index (κ3) is 5.08. The lowest BCUT2D eigenvalue weighted by Crippen LogP contribution is -2.38. The van der Waals surface area contributed by atoms with E-state index in [1.807, 2.05) is 0 Å². The smallest absolute Gasteiger partial charge is 0.243 e. The zero-order valence-corrected chi connectivity index (χ0v) is 15.8. The molecule has 0 saturated heterocycles. The molecule has 0 aliphatic rings. The highest BCUT2D eigenvalue weighted by Crippen LogP contribution is 2.20. The summed E-state index contributed by atoms with van der Waals surface area (Å²) >= 11 is 5.80. The van der Waals surface area contributed by atoms with Crippen molar-refractivity contribution >= 4 is 33.2 Å². The van der Waals surface area contributed by atoms with Gasteiger partial charge in [0, 0.05) is 23.3 Å². The molecular weight excluding hydrogens is 376 g/mol. The Hall–Kier alpha value is -2.35. The van der Waals surface area contributed by atoms with Crippen LogP contribution in [0.5, 0.6) is 5.75 Å². The molecule has 1 N–H and O–H groups in total. The second kappa shape index (κ2) is 8.84. The Morgan fingerprint density at radius 3 is 2.58 bits per heavy atom. The SMILES string of the molecule is C=CCN(CC(=O)Nc1cccc(OC)c1)S(=O)(=O)c1ccc(Cl)cc1. The topological polar surface area (TPSA) is 75.7 Å². The van der Waals surface area contributed by atoms with Crippen molar-refractivity contribution in [2.24, 2.45) is 0 Å². The average Bonchev–Trinajstić information content (AvgIpc) is 2.62. The lowest BCUT2D eigenvalue weighted by Gasteiger charge is -2.20. The molecule has 6 nitrogen and oxygen atoms in total. The van der Waals surface area contributed by atoms with Gasteiger partial charge in [-0.05, 0) is 36.4 Å². The van der Waals surface area contributed by atoms with E-state index >= 15 is 0 Å². The molecule has 0 radical (unpaired) electrons. The van der Waals surface area contributed by atoms with Crippen LogP contribution in [0.2, 0.25) is 5.02 Å². The van der Waals surface area contributed by atoms with E-state index in [-0.39, 0.29) is 18.0 Å². The van der Waals surface area contributed by atoms with Gasteiger partial charge in [0.15, 0.2) is 0 Å². The maximum atomic E-state index is 12.8. The van der Waals surface area contributed by atoms with Gasteiger partial charge < -0.3 is 10.1 Å². The minimum Gasteiger partial charge on any atom is -0.497 e. The highest BCUT2D eigenvalue weighted by atomic mass is 35.5. The predicted octanol–water partition coefficient (Wildman–Crippen LogP) is 3.16. The number of methoxy groups -OCH3 is 1. The molecule has 2 aromatic rings. The monoisotopic (exact) mass is 394 g/mol. The second-order valence-electron chi connectivity index (χ2n) is 5.32. The van der Waals surface area contributed by atoms with E-state index in [1.165, 1.54) is 37.5 Å². The van der Waals surface area contributed by atoms with Crippen LogP contribution in [0.3, 0.4) is 0 Å². The fourth-order valence-corrected chi connectivity index (χ4v) is 3.70. The molecule has 2 rings (SSSR count). The second-order valence-corrected chi connectivity index (χ2v) is 7.69. The van der Waals surface area contributed by atoms with Gasteiger partial charge in [0.25, 0.3) is 0 Å². The number of amides is 1. The van der Waals surface area contributed by atoms with Crippen molar-refractivity contribution in [1.29, 1.82) is 0 Å². The third-order valence-electron chi connectivity index (χ3n) is 3.46. The number of benzene rings is 2. The summed E-state index contributed by atoms with van der Waals surface area (Å²) in [6.07, 6.45) is 1.42. The van der Waals surface area contributed by atoms with Crippen LogP contribution in [0.4, 0.5) is 5.69 Å². The Morgan fingerprint density at radius 1 is 1.27 bits per heavy atom. The highest BCUT2D eigenvalue weighted by Gasteiger charge is 2.25. The Morgan fingerprint density at radius 2 is 1.96 bits per heavy atom. The summed E-state index contributed by atoms with van der Waals surface area (Å²) < 4.78 is 31.7.